The van der Waals surface area contributed by atoms with E-state index < -0.39 is 5.97 Å². The molecule has 0 fully saturated rings. The number of carboxylic acid groups (broad SMARTS) is 1. The van der Waals surface area contributed by atoms with Crippen molar-refractivity contribution < 1.29 is 9.90 Å². The lowest BCUT2D eigenvalue weighted by atomic mass is 10.3. The third kappa shape index (κ3) is 2.84. The standard InChI is InChI=1S/C12H7N3O2S/c13-7-8-5-9(1-3-14-8)18-10-2-4-15-11(6-10)12(16)17/h1-6H,(H,16,17). The van der Waals surface area contributed by atoms with Crippen LogP contribution in [0.4, 0.5) is 0 Å². The lowest BCUT2D eigenvalue weighted by Gasteiger charge is -2.02. The summed E-state index contributed by atoms with van der Waals surface area (Å²) in [6.07, 6.45) is 2.98. The highest BCUT2D eigenvalue weighted by atomic mass is 32.2. The Labute approximate surface area is 107 Å². The predicted octanol–water partition coefficient (Wildman–Crippen LogP) is 2.20. The molecular weight excluding hydrogens is 250 g/mol. The first kappa shape index (κ1) is 12.1. The fourth-order valence-electron chi connectivity index (χ4n) is 1.26. The van der Waals surface area contributed by atoms with E-state index in [2.05, 4.69) is 9.97 Å². The van der Waals surface area contributed by atoms with Gasteiger partial charge in [-0.05, 0) is 24.3 Å². The summed E-state index contributed by atoms with van der Waals surface area (Å²) in [5, 5.41) is 17.6. The van der Waals surface area contributed by atoms with Gasteiger partial charge in [0.2, 0.25) is 0 Å². The van der Waals surface area contributed by atoms with Crippen LogP contribution < -0.4 is 0 Å². The molecule has 0 aliphatic carbocycles. The molecule has 0 aliphatic heterocycles. The SMILES string of the molecule is N#Cc1cc(Sc2ccnc(C(=O)O)c2)ccn1. The Bertz CT molecular complexity index is 637. The van der Waals surface area contributed by atoms with Crippen LogP contribution in [0.2, 0.25) is 0 Å². The molecule has 2 heterocycles. The van der Waals surface area contributed by atoms with Crippen LogP contribution in [-0.2, 0) is 0 Å². The Morgan fingerprint density at radius 1 is 1.22 bits per heavy atom. The molecule has 0 atom stereocenters. The summed E-state index contributed by atoms with van der Waals surface area (Å²) in [5.41, 5.74) is 0.321. The van der Waals surface area contributed by atoms with Crippen molar-refractivity contribution >= 4 is 17.7 Å². The highest BCUT2D eigenvalue weighted by molar-refractivity contribution is 7.99. The van der Waals surface area contributed by atoms with E-state index in [1.54, 1.807) is 24.4 Å². The summed E-state index contributed by atoms with van der Waals surface area (Å²) in [7, 11) is 0. The molecule has 2 rings (SSSR count). The van der Waals surface area contributed by atoms with Gasteiger partial charge in [0.15, 0.2) is 0 Å². The molecule has 0 radical (unpaired) electrons. The van der Waals surface area contributed by atoms with Crippen LogP contribution in [0.5, 0.6) is 0 Å². The Morgan fingerprint density at radius 3 is 2.56 bits per heavy atom. The van der Waals surface area contributed by atoms with Gasteiger partial charge >= 0.3 is 5.97 Å². The lowest BCUT2D eigenvalue weighted by Crippen LogP contribution is -1.99. The molecule has 0 saturated heterocycles. The van der Waals surface area contributed by atoms with Gasteiger partial charge < -0.3 is 5.11 Å². The summed E-state index contributed by atoms with van der Waals surface area (Å²) in [5.74, 6) is -1.06. The number of pyridine rings is 2. The molecule has 2 aromatic rings. The quantitative estimate of drug-likeness (QED) is 0.906. The van der Waals surface area contributed by atoms with Gasteiger partial charge in [-0.25, -0.2) is 14.8 Å². The third-order valence-corrected chi connectivity index (χ3v) is 3.01. The number of nitriles is 1. The maximum Gasteiger partial charge on any atom is 0.354 e. The fourth-order valence-corrected chi connectivity index (χ4v) is 2.13. The molecule has 0 unspecified atom stereocenters. The molecule has 88 valence electrons. The number of hydrogen-bond donors (Lipinski definition) is 1. The molecule has 0 amide bonds. The monoisotopic (exact) mass is 257 g/mol. The topological polar surface area (TPSA) is 86.9 Å². The van der Waals surface area contributed by atoms with Gasteiger partial charge in [0.1, 0.15) is 17.5 Å². The van der Waals surface area contributed by atoms with Crippen molar-refractivity contribution in [3.05, 3.63) is 48.0 Å². The van der Waals surface area contributed by atoms with Crippen LogP contribution in [0.3, 0.4) is 0 Å². The number of carbonyl (C=O) groups is 1. The minimum atomic E-state index is -1.06. The van der Waals surface area contributed by atoms with Crippen molar-refractivity contribution in [2.75, 3.05) is 0 Å². The summed E-state index contributed by atoms with van der Waals surface area (Å²) in [6.45, 7) is 0. The number of hydrogen-bond acceptors (Lipinski definition) is 5. The normalized spacial score (nSPS) is 9.72. The van der Waals surface area contributed by atoms with Crippen LogP contribution in [0.25, 0.3) is 0 Å². The highest BCUT2D eigenvalue weighted by Crippen LogP contribution is 2.27. The van der Waals surface area contributed by atoms with Gasteiger partial charge in [0.25, 0.3) is 0 Å². The van der Waals surface area contributed by atoms with Crippen LogP contribution in [0.15, 0.2) is 46.5 Å². The van der Waals surface area contributed by atoms with Crippen molar-refractivity contribution in [1.82, 2.24) is 9.97 Å². The van der Waals surface area contributed by atoms with Crippen molar-refractivity contribution in [2.45, 2.75) is 9.79 Å². The second-order valence-corrected chi connectivity index (χ2v) is 4.42. The minimum absolute atomic E-state index is 0.00503. The average Bonchev–Trinajstić information content (AvgIpc) is 2.39. The highest BCUT2D eigenvalue weighted by Gasteiger charge is 2.06. The van der Waals surface area contributed by atoms with Crippen molar-refractivity contribution in [1.29, 1.82) is 5.26 Å². The van der Waals surface area contributed by atoms with Gasteiger partial charge in [-0.1, -0.05) is 11.8 Å². The second kappa shape index (κ2) is 5.29. The van der Waals surface area contributed by atoms with Crippen LogP contribution in [0, 0.1) is 11.3 Å². The van der Waals surface area contributed by atoms with E-state index in [0.717, 1.165) is 9.79 Å². The maximum atomic E-state index is 10.8. The number of aromatic carboxylic acids is 1. The van der Waals surface area contributed by atoms with Gasteiger partial charge in [0.05, 0.1) is 0 Å². The third-order valence-electron chi connectivity index (χ3n) is 2.03. The van der Waals surface area contributed by atoms with Gasteiger partial charge in [-0.15, -0.1) is 0 Å². The molecule has 0 spiro atoms. The summed E-state index contributed by atoms with van der Waals surface area (Å²) < 4.78 is 0. The first-order chi connectivity index (χ1) is 8.69. The maximum absolute atomic E-state index is 10.8. The first-order valence-corrected chi connectivity index (χ1v) is 5.74. The Kier molecular flexibility index (Phi) is 3.55. The molecule has 0 saturated carbocycles. The molecule has 0 bridgehead atoms. The lowest BCUT2D eigenvalue weighted by molar-refractivity contribution is 0.0690. The number of rotatable bonds is 3. The zero-order chi connectivity index (χ0) is 13.0. The predicted molar refractivity (Wildman–Crippen MR) is 64.3 cm³/mol. The minimum Gasteiger partial charge on any atom is -0.477 e. The van der Waals surface area contributed by atoms with Gasteiger partial charge in [0, 0.05) is 22.2 Å². The molecule has 6 heteroatoms. The van der Waals surface area contributed by atoms with E-state index in [1.807, 2.05) is 6.07 Å². The smallest absolute Gasteiger partial charge is 0.354 e. The second-order valence-electron chi connectivity index (χ2n) is 3.27. The van der Waals surface area contributed by atoms with Crippen molar-refractivity contribution in [3.63, 3.8) is 0 Å². The Balaban J connectivity index is 2.26. The fraction of sp³-hybridized carbons (Fsp3) is 0. The Hall–Kier alpha value is -2.39. The Morgan fingerprint density at radius 2 is 1.89 bits per heavy atom. The van der Waals surface area contributed by atoms with E-state index in [-0.39, 0.29) is 5.69 Å². The first-order valence-electron chi connectivity index (χ1n) is 4.92. The molecule has 2 aromatic heterocycles. The van der Waals surface area contributed by atoms with Crippen LogP contribution in [-0.4, -0.2) is 21.0 Å². The average molecular weight is 257 g/mol. The summed E-state index contributed by atoms with van der Waals surface area (Å²) >= 11 is 1.35. The van der Waals surface area contributed by atoms with E-state index in [4.69, 9.17) is 10.4 Å². The van der Waals surface area contributed by atoms with Crippen molar-refractivity contribution in [3.8, 4) is 6.07 Å². The molecule has 1 N–H and O–H groups in total. The molecule has 5 nitrogen and oxygen atoms in total. The number of nitrogens with zero attached hydrogens (tertiary/aromatic N) is 3. The van der Waals surface area contributed by atoms with E-state index >= 15 is 0 Å². The van der Waals surface area contributed by atoms with Crippen LogP contribution in [0.1, 0.15) is 16.2 Å². The molecule has 0 aromatic carbocycles. The largest absolute Gasteiger partial charge is 0.477 e. The van der Waals surface area contributed by atoms with Gasteiger partial charge in [-0.3, -0.25) is 0 Å². The molecule has 18 heavy (non-hydrogen) atoms. The summed E-state index contributed by atoms with van der Waals surface area (Å²) in [4.78, 5) is 20.0. The van der Waals surface area contributed by atoms with E-state index in [1.165, 1.54) is 24.0 Å². The van der Waals surface area contributed by atoms with Crippen LogP contribution >= 0.6 is 11.8 Å². The molecular formula is C12H7N3O2S. The van der Waals surface area contributed by atoms with Crippen molar-refractivity contribution in [2.24, 2.45) is 0 Å². The zero-order valence-electron chi connectivity index (χ0n) is 9.07. The van der Waals surface area contributed by atoms with E-state index in [0.29, 0.717) is 5.69 Å². The van der Waals surface area contributed by atoms with E-state index in [9.17, 15) is 4.79 Å². The zero-order valence-corrected chi connectivity index (χ0v) is 9.89. The van der Waals surface area contributed by atoms with Gasteiger partial charge in [-0.2, -0.15) is 5.26 Å². The number of aromatic nitrogens is 2. The number of carboxylic acids is 1. The molecule has 0 aliphatic rings. The summed E-state index contributed by atoms with van der Waals surface area (Å²) in [6, 6.07) is 8.55.